The monoisotopic (exact) mass is 348 g/mol. The van der Waals surface area contributed by atoms with E-state index in [9.17, 15) is 4.79 Å². The number of fused-ring (bicyclic) bond motifs is 1. The highest BCUT2D eigenvalue weighted by atomic mass is 35.5. The number of amides is 1. The smallest absolute Gasteiger partial charge is 0.237 e. The summed E-state index contributed by atoms with van der Waals surface area (Å²) in [6.45, 7) is 2.43. The van der Waals surface area contributed by atoms with Gasteiger partial charge in [0, 0.05) is 30.5 Å². The zero-order valence-corrected chi connectivity index (χ0v) is 15.1. The van der Waals surface area contributed by atoms with E-state index in [0.29, 0.717) is 6.04 Å². The van der Waals surface area contributed by atoms with Gasteiger partial charge in [-0.05, 0) is 44.3 Å². The van der Waals surface area contributed by atoms with E-state index in [2.05, 4.69) is 16.9 Å². The molecule has 3 unspecified atom stereocenters. The Labute approximate surface area is 144 Å². The fraction of sp³-hybridized carbons (Fsp3) is 0.938. The van der Waals surface area contributed by atoms with Crippen molar-refractivity contribution in [3.63, 3.8) is 0 Å². The Bertz CT molecular complexity index is 363. The van der Waals surface area contributed by atoms with Crippen molar-refractivity contribution in [2.45, 2.75) is 61.8 Å². The highest BCUT2D eigenvalue weighted by molar-refractivity contribution is 8.00. The van der Waals surface area contributed by atoms with Crippen LogP contribution < -0.4 is 10.6 Å². The number of nitrogens with one attached hydrogen (secondary N) is 2. The van der Waals surface area contributed by atoms with Crippen LogP contribution in [0.2, 0.25) is 0 Å². The number of halogens is 1. The third-order valence-corrected chi connectivity index (χ3v) is 7.02. The number of hydrogen-bond donors (Lipinski definition) is 2. The second-order valence-electron chi connectivity index (χ2n) is 6.82. The first-order chi connectivity index (χ1) is 10.2. The summed E-state index contributed by atoms with van der Waals surface area (Å²) < 4.78 is 5.64. The Morgan fingerprint density at radius 1 is 1.32 bits per heavy atom. The van der Waals surface area contributed by atoms with Gasteiger partial charge >= 0.3 is 0 Å². The first-order valence-electron chi connectivity index (χ1n) is 8.39. The minimum absolute atomic E-state index is 0. The highest BCUT2D eigenvalue weighted by Gasteiger charge is 2.39. The van der Waals surface area contributed by atoms with Crippen LogP contribution in [-0.2, 0) is 9.53 Å². The summed E-state index contributed by atoms with van der Waals surface area (Å²) >= 11 is 1.88. The van der Waals surface area contributed by atoms with Crippen molar-refractivity contribution in [3.8, 4) is 0 Å². The molecule has 2 aliphatic heterocycles. The Hall–Kier alpha value is 0.0300. The lowest BCUT2D eigenvalue weighted by atomic mass is 9.85. The standard InChI is InChI=1S/C16H28N2O2S.ClH/c1-21-16(6-8-20-9-7-16)11-17-15(19)14-10-12-4-2-3-5-13(12)18-14;/h12-14,18H,2-11H2,1H3,(H,17,19);1H. The average molecular weight is 349 g/mol. The lowest BCUT2D eigenvalue weighted by molar-refractivity contribution is -0.123. The molecule has 128 valence electrons. The maximum Gasteiger partial charge on any atom is 0.237 e. The van der Waals surface area contributed by atoms with Gasteiger partial charge in [0.1, 0.15) is 0 Å². The Kier molecular flexibility index (Phi) is 6.87. The predicted octanol–water partition coefficient (Wildman–Crippen LogP) is 2.36. The molecule has 0 aromatic carbocycles. The van der Waals surface area contributed by atoms with Crippen LogP contribution in [0.5, 0.6) is 0 Å². The Balaban J connectivity index is 0.00000176. The van der Waals surface area contributed by atoms with Crippen LogP contribution in [0, 0.1) is 5.92 Å². The SMILES string of the molecule is CSC1(CNC(=O)C2CC3CCCCC3N2)CCOCC1.Cl. The first-order valence-corrected chi connectivity index (χ1v) is 9.62. The third-order valence-electron chi connectivity index (χ3n) is 5.60. The average Bonchev–Trinajstić information content (AvgIpc) is 2.97. The van der Waals surface area contributed by atoms with Crippen molar-refractivity contribution in [1.82, 2.24) is 10.6 Å². The molecule has 0 spiro atoms. The van der Waals surface area contributed by atoms with Crippen LogP contribution in [0.1, 0.15) is 44.9 Å². The number of rotatable bonds is 4. The lowest BCUT2D eigenvalue weighted by Gasteiger charge is -2.36. The van der Waals surface area contributed by atoms with Gasteiger partial charge in [0.2, 0.25) is 5.91 Å². The minimum atomic E-state index is 0. The second-order valence-corrected chi connectivity index (χ2v) is 8.10. The van der Waals surface area contributed by atoms with E-state index in [4.69, 9.17) is 4.74 Å². The van der Waals surface area contributed by atoms with Gasteiger partial charge in [0.05, 0.1) is 6.04 Å². The fourth-order valence-electron chi connectivity index (χ4n) is 4.09. The normalized spacial score (nSPS) is 33.6. The van der Waals surface area contributed by atoms with Crippen LogP contribution >= 0.6 is 24.2 Å². The minimum Gasteiger partial charge on any atom is -0.381 e. The summed E-state index contributed by atoms with van der Waals surface area (Å²) in [5.41, 5.74) is 0. The molecule has 3 fully saturated rings. The molecule has 0 aromatic heterocycles. The van der Waals surface area contributed by atoms with E-state index in [1.807, 2.05) is 11.8 Å². The van der Waals surface area contributed by atoms with Crippen molar-refractivity contribution in [1.29, 1.82) is 0 Å². The molecule has 0 radical (unpaired) electrons. The number of thioether (sulfide) groups is 1. The van der Waals surface area contributed by atoms with Crippen LogP contribution in [0.25, 0.3) is 0 Å². The molecule has 3 aliphatic rings. The van der Waals surface area contributed by atoms with Gasteiger partial charge < -0.3 is 15.4 Å². The maximum absolute atomic E-state index is 12.5. The van der Waals surface area contributed by atoms with E-state index in [-0.39, 0.29) is 29.1 Å². The van der Waals surface area contributed by atoms with Gasteiger partial charge in [0.15, 0.2) is 0 Å². The summed E-state index contributed by atoms with van der Waals surface area (Å²) in [7, 11) is 0. The first kappa shape index (κ1) is 18.4. The molecular weight excluding hydrogens is 320 g/mol. The van der Waals surface area contributed by atoms with Gasteiger partial charge in [0.25, 0.3) is 0 Å². The van der Waals surface area contributed by atoms with Crippen molar-refractivity contribution in [2.24, 2.45) is 5.92 Å². The number of hydrogen-bond acceptors (Lipinski definition) is 4. The summed E-state index contributed by atoms with van der Waals surface area (Å²) in [5.74, 6) is 0.941. The van der Waals surface area contributed by atoms with Crippen LogP contribution in [-0.4, -0.2) is 48.8 Å². The molecule has 0 aromatic rings. The molecule has 2 heterocycles. The van der Waals surface area contributed by atoms with Crippen molar-refractivity contribution >= 4 is 30.1 Å². The predicted molar refractivity (Wildman–Crippen MR) is 93.8 cm³/mol. The van der Waals surface area contributed by atoms with Gasteiger partial charge in [-0.1, -0.05) is 12.8 Å². The van der Waals surface area contributed by atoms with Crippen LogP contribution in [0.4, 0.5) is 0 Å². The summed E-state index contributed by atoms with van der Waals surface area (Å²) in [6, 6.07) is 0.629. The molecular formula is C16H29ClN2O2S. The Morgan fingerprint density at radius 2 is 2.05 bits per heavy atom. The lowest BCUT2D eigenvalue weighted by Crippen LogP contribution is -2.49. The largest absolute Gasteiger partial charge is 0.381 e. The van der Waals surface area contributed by atoms with Crippen LogP contribution in [0.3, 0.4) is 0 Å². The molecule has 2 N–H and O–H groups in total. The zero-order valence-electron chi connectivity index (χ0n) is 13.4. The number of carbonyl (C=O) groups excluding carboxylic acids is 1. The molecule has 1 aliphatic carbocycles. The van der Waals surface area contributed by atoms with E-state index < -0.39 is 0 Å². The van der Waals surface area contributed by atoms with Crippen LogP contribution in [0.15, 0.2) is 0 Å². The fourth-order valence-corrected chi connectivity index (χ4v) is 4.88. The quantitative estimate of drug-likeness (QED) is 0.819. The van der Waals surface area contributed by atoms with Gasteiger partial charge in [-0.3, -0.25) is 4.79 Å². The zero-order chi connectivity index (χ0) is 14.7. The maximum atomic E-state index is 12.5. The van der Waals surface area contributed by atoms with Gasteiger partial charge in [-0.2, -0.15) is 11.8 Å². The van der Waals surface area contributed by atoms with Crippen molar-refractivity contribution < 1.29 is 9.53 Å². The second kappa shape index (κ2) is 8.22. The molecule has 3 rings (SSSR count). The van der Waals surface area contributed by atoms with E-state index in [1.165, 1.54) is 25.7 Å². The van der Waals surface area contributed by atoms with Crippen molar-refractivity contribution in [2.75, 3.05) is 26.0 Å². The van der Waals surface area contributed by atoms with Crippen molar-refractivity contribution in [3.05, 3.63) is 0 Å². The van der Waals surface area contributed by atoms with Gasteiger partial charge in [-0.25, -0.2) is 0 Å². The van der Waals surface area contributed by atoms with E-state index in [0.717, 1.165) is 44.9 Å². The molecule has 2 saturated heterocycles. The molecule has 1 saturated carbocycles. The number of ether oxygens (including phenoxy) is 1. The molecule has 22 heavy (non-hydrogen) atoms. The third kappa shape index (κ3) is 4.11. The number of carbonyl (C=O) groups is 1. The summed E-state index contributed by atoms with van der Waals surface area (Å²) in [4.78, 5) is 12.5. The molecule has 1 amide bonds. The van der Waals surface area contributed by atoms with E-state index in [1.54, 1.807) is 0 Å². The summed E-state index contributed by atoms with van der Waals surface area (Å²) in [6.07, 6.45) is 10.5. The highest BCUT2D eigenvalue weighted by Crippen LogP contribution is 2.34. The Morgan fingerprint density at radius 3 is 2.73 bits per heavy atom. The molecule has 0 bridgehead atoms. The molecule has 4 nitrogen and oxygen atoms in total. The van der Waals surface area contributed by atoms with E-state index >= 15 is 0 Å². The molecule has 3 atom stereocenters. The molecule has 6 heteroatoms. The van der Waals surface area contributed by atoms with Gasteiger partial charge in [-0.15, -0.1) is 12.4 Å². The topological polar surface area (TPSA) is 50.4 Å². The summed E-state index contributed by atoms with van der Waals surface area (Å²) in [5, 5.41) is 6.79.